The number of carbonyl (C=O) groups excluding carboxylic acids is 1. The number of ether oxygens (including phenoxy) is 2. The monoisotopic (exact) mass is 327 g/mol. The molecule has 3 heterocycles. The van der Waals surface area contributed by atoms with Gasteiger partial charge in [0.15, 0.2) is 11.4 Å². The first-order chi connectivity index (χ1) is 11.2. The van der Waals surface area contributed by atoms with Crippen LogP contribution in [-0.4, -0.2) is 18.1 Å². The number of hydrogen-bond acceptors (Lipinski definition) is 3. The molecule has 0 aromatic heterocycles. The number of halogens is 1. The Morgan fingerprint density at radius 1 is 1.17 bits per heavy atom. The second-order valence-corrected chi connectivity index (χ2v) is 6.61. The second kappa shape index (κ2) is 4.49. The topological polar surface area (TPSA) is 38.8 Å². The Morgan fingerprint density at radius 3 is 2.87 bits per heavy atom. The Morgan fingerprint density at radius 2 is 2.04 bits per heavy atom. The van der Waals surface area contributed by atoms with Gasteiger partial charge in [-0.25, -0.2) is 0 Å². The molecular weight excluding hydrogens is 314 g/mol. The van der Waals surface area contributed by atoms with Crippen molar-refractivity contribution in [1.29, 1.82) is 0 Å². The van der Waals surface area contributed by atoms with Gasteiger partial charge in [0.05, 0.1) is 5.69 Å². The lowest BCUT2D eigenvalue weighted by Gasteiger charge is -2.52. The van der Waals surface area contributed by atoms with Crippen LogP contribution >= 0.6 is 11.6 Å². The molecule has 0 saturated carbocycles. The predicted molar refractivity (Wildman–Crippen MR) is 86.1 cm³/mol. The maximum atomic E-state index is 12.9. The highest BCUT2D eigenvalue weighted by Gasteiger charge is 2.65. The summed E-state index contributed by atoms with van der Waals surface area (Å²) in [4.78, 5) is 14.7. The van der Waals surface area contributed by atoms with Crippen molar-refractivity contribution >= 4 is 23.2 Å². The SMILES string of the molecule is O=C1N2c3ccccc3Oc3ccc(Cl)cc3[C@H]2[C@@]12CCCO2. The summed E-state index contributed by atoms with van der Waals surface area (Å²) in [5, 5.41) is 0.630. The quantitative estimate of drug-likeness (QED) is 0.684. The lowest BCUT2D eigenvalue weighted by molar-refractivity contribution is -0.156. The summed E-state index contributed by atoms with van der Waals surface area (Å²) in [6.45, 7) is 0.620. The highest BCUT2D eigenvalue weighted by molar-refractivity contribution is 6.30. The largest absolute Gasteiger partial charge is 0.455 e. The maximum absolute atomic E-state index is 12.9. The van der Waals surface area contributed by atoms with Crippen molar-refractivity contribution in [2.24, 2.45) is 0 Å². The van der Waals surface area contributed by atoms with Crippen LogP contribution in [-0.2, 0) is 9.53 Å². The molecule has 23 heavy (non-hydrogen) atoms. The number of rotatable bonds is 0. The van der Waals surface area contributed by atoms with Crippen molar-refractivity contribution in [3.63, 3.8) is 0 Å². The van der Waals surface area contributed by atoms with E-state index in [-0.39, 0.29) is 11.9 Å². The molecule has 2 fully saturated rings. The van der Waals surface area contributed by atoms with Gasteiger partial charge in [-0.2, -0.15) is 0 Å². The van der Waals surface area contributed by atoms with Gasteiger partial charge in [0.1, 0.15) is 11.8 Å². The van der Waals surface area contributed by atoms with Gasteiger partial charge in [0.2, 0.25) is 0 Å². The molecule has 3 aliphatic heterocycles. The van der Waals surface area contributed by atoms with E-state index in [1.54, 1.807) is 11.0 Å². The number of para-hydroxylation sites is 2. The summed E-state index contributed by atoms with van der Waals surface area (Å²) in [5.74, 6) is 1.43. The Balaban J connectivity index is 1.77. The van der Waals surface area contributed by atoms with E-state index in [2.05, 4.69) is 0 Å². The molecule has 5 rings (SSSR count). The molecule has 116 valence electrons. The molecule has 4 nitrogen and oxygen atoms in total. The fourth-order valence-corrected chi connectivity index (χ4v) is 4.13. The smallest absolute Gasteiger partial charge is 0.262 e. The van der Waals surface area contributed by atoms with Crippen LogP contribution in [0.3, 0.4) is 0 Å². The van der Waals surface area contributed by atoms with Crippen LogP contribution in [0, 0.1) is 0 Å². The first-order valence-corrected chi connectivity index (χ1v) is 8.12. The van der Waals surface area contributed by atoms with Crippen molar-refractivity contribution < 1.29 is 14.3 Å². The molecule has 2 saturated heterocycles. The third-order valence-corrected chi connectivity index (χ3v) is 5.18. The lowest BCUT2D eigenvalue weighted by atomic mass is 9.75. The predicted octanol–water partition coefficient (Wildman–Crippen LogP) is 4.08. The number of hydrogen-bond donors (Lipinski definition) is 0. The Labute approximate surface area is 138 Å². The average molecular weight is 328 g/mol. The van der Waals surface area contributed by atoms with E-state index in [1.807, 2.05) is 36.4 Å². The summed E-state index contributed by atoms with van der Waals surface area (Å²) in [6, 6.07) is 13.0. The molecule has 0 bridgehead atoms. The molecule has 0 unspecified atom stereocenters. The van der Waals surface area contributed by atoms with Gasteiger partial charge in [-0.3, -0.25) is 9.69 Å². The van der Waals surface area contributed by atoms with E-state index in [4.69, 9.17) is 21.1 Å². The third kappa shape index (κ3) is 1.62. The molecular formula is C18H14ClNO3. The Bertz CT molecular complexity index is 829. The molecule has 3 aliphatic rings. The van der Waals surface area contributed by atoms with E-state index in [0.29, 0.717) is 17.4 Å². The minimum atomic E-state index is -0.764. The van der Waals surface area contributed by atoms with Crippen LogP contribution in [0.15, 0.2) is 42.5 Å². The molecule has 1 amide bonds. The molecule has 0 N–H and O–H groups in total. The fourth-order valence-electron chi connectivity index (χ4n) is 3.95. The van der Waals surface area contributed by atoms with Crippen molar-refractivity contribution in [1.82, 2.24) is 0 Å². The zero-order valence-electron chi connectivity index (χ0n) is 12.3. The highest BCUT2D eigenvalue weighted by atomic mass is 35.5. The van der Waals surface area contributed by atoms with Gasteiger partial charge >= 0.3 is 0 Å². The van der Waals surface area contributed by atoms with E-state index in [9.17, 15) is 4.79 Å². The number of nitrogens with zero attached hydrogens (tertiary/aromatic N) is 1. The van der Waals surface area contributed by atoms with Crippen LogP contribution in [0.4, 0.5) is 5.69 Å². The minimum Gasteiger partial charge on any atom is -0.455 e. The van der Waals surface area contributed by atoms with E-state index >= 15 is 0 Å². The lowest BCUT2D eigenvalue weighted by Crippen LogP contribution is -2.68. The van der Waals surface area contributed by atoms with Gasteiger partial charge in [-0.05, 0) is 43.2 Å². The van der Waals surface area contributed by atoms with Gasteiger partial charge in [-0.1, -0.05) is 23.7 Å². The third-order valence-electron chi connectivity index (χ3n) is 4.94. The molecule has 0 aliphatic carbocycles. The van der Waals surface area contributed by atoms with Gasteiger partial charge in [-0.15, -0.1) is 0 Å². The zero-order chi connectivity index (χ0) is 15.6. The molecule has 5 heteroatoms. The summed E-state index contributed by atoms with van der Waals surface area (Å²) < 4.78 is 12.0. The van der Waals surface area contributed by atoms with Gasteiger partial charge in [0, 0.05) is 17.2 Å². The number of β-lactam (4-membered cyclic amide) rings is 1. The van der Waals surface area contributed by atoms with Gasteiger partial charge < -0.3 is 9.47 Å². The number of amides is 1. The minimum absolute atomic E-state index is 0.0175. The normalized spacial score (nSPS) is 27.6. The highest BCUT2D eigenvalue weighted by Crippen LogP contribution is 2.58. The number of carbonyl (C=O) groups is 1. The number of fused-ring (bicyclic) bond motifs is 6. The van der Waals surface area contributed by atoms with Crippen LogP contribution in [0.2, 0.25) is 5.02 Å². The van der Waals surface area contributed by atoms with E-state index < -0.39 is 5.60 Å². The maximum Gasteiger partial charge on any atom is 0.262 e. The fraction of sp³-hybridized carbons (Fsp3) is 0.278. The second-order valence-electron chi connectivity index (χ2n) is 6.17. The first kappa shape index (κ1) is 13.4. The van der Waals surface area contributed by atoms with Crippen LogP contribution < -0.4 is 9.64 Å². The van der Waals surface area contributed by atoms with Gasteiger partial charge in [0.25, 0.3) is 5.91 Å². The van der Waals surface area contributed by atoms with Crippen molar-refractivity contribution in [2.75, 3.05) is 11.5 Å². The van der Waals surface area contributed by atoms with Crippen LogP contribution in [0.1, 0.15) is 24.4 Å². The van der Waals surface area contributed by atoms with Crippen molar-refractivity contribution in [2.45, 2.75) is 24.5 Å². The summed E-state index contributed by atoms with van der Waals surface area (Å²) in [6.07, 6.45) is 1.63. The van der Waals surface area contributed by atoms with Crippen LogP contribution in [0.25, 0.3) is 0 Å². The average Bonchev–Trinajstić information content (AvgIpc) is 3.02. The first-order valence-electron chi connectivity index (χ1n) is 7.75. The molecule has 2 aromatic carbocycles. The Kier molecular flexibility index (Phi) is 2.62. The summed E-state index contributed by atoms with van der Waals surface area (Å²) in [5.41, 5.74) is 0.936. The number of benzene rings is 2. The Hall–Kier alpha value is -2.04. The molecule has 2 aromatic rings. The van der Waals surface area contributed by atoms with E-state index in [1.165, 1.54) is 0 Å². The molecule has 1 spiro atoms. The van der Waals surface area contributed by atoms with E-state index in [0.717, 1.165) is 29.8 Å². The molecule has 0 radical (unpaired) electrons. The summed E-state index contributed by atoms with van der Waals surface area (Å²) in [7, 11) is 0. The summed E-state index contributed by atoms with van der Waals surface area (Å²) >= 11 is 6.21. The number of anilines is 1. The molecule has 2 atom stereocenters. The van der Waals surface area contributed by atoms with Crippen LogP contribution in [0.5, 0.6) is 11.5 Å². The van der Waals surface area contributed by atoms with Crippen molar-refractivity contribution in [3.05, 3.63) is 53.1 Å². The standard InChI is InChI=1S/C18H14ClNO3/c19-11-6-7-14-12(10-11)16-18(8-3-9-22-18)17(21)20(16)13-4-1-2-5-15(13)23-14/h1-2,4-7,10,16H,3,8-9H2/t16-,18-/m0/s1. The zero-order valence-corrected chi connectivity index (χ0v) is 13.0. The van der Waals surface area contributed by atoms with Crippen molar-refractivity contribution in [3.8, 4) is 11.5 Å².